The van der Waals surface area contributed by atoms with Crippen LogP contribution in [-0.2, 0) is 4.79 Å². The van der Waals surface area contributed by atoms with Gasteiger partial charge in [-0.2, -0.15) is 0 Å². The third-order valence-electron chi connectivity index (χ3n) is 4.83. The Bertz CT molecular complexity index is 985. The molecule has 2 heterocycles. The van der Waals surface area contributed by atoms with Gasteiger partial charge in [0.25, 0.3) is 0 Å². The Labute approximate surface area is 166 Å². The second-order valence-corrected chi connectivity index (χ2v) is 7.50. The minimum absolute atomic E-state index is 0.0659. The van der Waals surface area contributed by atoms with E-state index in [1.807, 2.05) is 34.1 Å². The Morgan fingerprint density at radius 2 is 2.00 bits per heavy atom. The van der Waals surface area contributed by atoms with Gasteiger partial charge in [0.05, 0.1) is 29.6 Å². The van der Waals surface area contributed by atoms with Crippen LogP contribution >= 0.6 is 11.8 Å². The third kappa shape index (κ3) is 3.91. The number of ether oxygens (including phenoxy) is 1. The van der Waals surface area contributed by atoms with Crippen molar-refractivity contribution in [2.24, 2.45) is 0 Å². The number of carbonyl (C=O) groups excluding carboxylic acids is 1. The first kappa shape index (κ1) is 18.6. The van der Waals surface area contributed by atoms with E-state index in [-0.39, 0.29) is 11.7 Å². The van der Waals surface area contributed by atoms with Gasteiger partial charge in [-0.15, -0.1) is 0 Å². The number of nitrogens with one attached hydrogen (secondary N) is 1. The average molecular weight is 400 g/mol. The van der Waals surface area contributed by atoms with Crippen molar-refractivity contribution in [1.82, 2.24) is 14.9 Å². The third-order valence-corrected chi connectivity index (χ3v) is 5.68. The van der Waals surface area contributed by atoms with E-state index in [2.05, 4.69) is 9.97 Å². The number of halogens is 1. The summed E-state index contributed by atoms with van der Waals surface area (Å²) in [7, 11) is 1.62. The molecule has 0 unspecified atom stereocenters. The SMILES string of the molecule is COc1ccc2nc(SCC(=O)N3CCN(c4ccccc4F)CC3)[nH]c2c1. The van der Waals surface area contributed by atoms with Crippen molar-refractivity contribution in [2.75, 3.05) is 43.9 Å². The molecule has 0 bridgehead atoms. The lowest BCUT2D eigenvalue weighted by atomic mass is 10.2. The van der Waals surface area contributed by atoms with E-state index in [4.69, 9.17) is 4.74 Å². The molecular formula is C20H21FN4O2S. The Morgan fingerprint density at radius 3 is 2.75 bits per heavy atom. The van der Waals surface area contributed by atoms with Crippen molar-refractivity contribution in [1.29, 1.82) is 0 Å². The van der Waals surface area contributed by atoms with Gasteiger partial charge >= 0.3 is 0 Å². The van der Waals surface area contributed by atoms with E-state index in [1.165, 1.54) is 17.8 Å². The first-order valence-corrected chi connectivity index (χ1v) is 10.1. The molecule has 1 fully saturated rings. The van der Waals surface area contributed by atoms with Gasteiger partial charge in [-0.05, 0) is 24.3 Å². The molecule has 146 valence electrons. The fourth-order valence-corrected chi connectivity index (χ4v) is 4.07. The van der Waals surface area contributed by atoms with Crippen molar-refractivity contribution >= 4 is 34.4 Å². The molecule has 3 aromatic rings. The largest absolute Gasteiger partial charge is 0.497 e. The lowest BCUT2D eigenvalue weighted by Crippen LogP contribution is -2.49. The smallest absolute Gasteiger partial charge is 0.233 e. The summed E-state index contributed by atoms with van der Waals surface area (Å²) in [5.41, 5.74) is 2.32. The molecule has 0 atom stereocenters. The van der Waals surface area contributed by atoms with Crippen molar-refractivity contribution in [3.63, 3.8) is 0 Å². The zero-order valence-corrected chi connectivity index (χ0v) is 16.3. The number of hydrogen-bond acceptors (Lipinski definition) is 5. The van der Waals surface area contributed by atoms with Crippen LogP contribution in [0, 0.1) is 5.82 Å². The lowest BCUT2D eigenvalue weighted by Gasteiger charge is -2.36. The van der Waals surface area contributed by atoms with E-state index in [0.717, 1.165) is 16.8 Å². The number of methoxy groups -OCH3 is 1. The summed E-state index contributed by atoms with van der Waals surface area (Å²) < 4.78 is 19.1. The molecule has 2 aromatic carbocycles. The van der Waals surface area contributed by atoms with Crippen LogP contribution in [0.25, 0.3) is 11.0 Å². The molecule has 1 aromatic heterocycles. The van der Waals surface area contributed by atoms with Gasteiger partial charge in [0.2, 0.25) is 5.91 Å². The Morgan fingerprint density at radius 1 is 1.21 bits per heavy atom. The average Bonchev–Trinajstić information content (AvgIpc) is 3.14. The molecule has 1 saturated heterocycles. The second kappa shape index (κ2) is 8.10. The number of hydrogen-bond donors (Lipinski definition) is 1. The molecule has 0 saturated carbocycles. The first-order chi connectivity index (χ1) is 13.6. The minimum atomic E-state index is -0.223. The van der Waals surface area contributed by atoms with Crippen molar-refractivity contribution in [3.8, 4) is 5.75 Å². The molecule has 6 nitrogen and oxygen atoms in total. The van der Waals surface area contributed by atoms with Gasteiger partial charge in [0, 0.05) is 32.2 Å². The van der Waals surface area contributed by atoms with Crippen LogP contribution in [0.15, 0.2) is 47.6 Å². The van der Waals surface area contributed by atoms with Crippen molar-refractivity contribution in [3.05, 3.63) is 48.3 Å². The fraction of sp³-hybridized carbons (Fsp3) is 0.300. The van der Waals surface area contributed by atoms with E-state index in [9.17, 15) is 9.18 Å². The number of piperazine rings is 1. The van der Waals surface area contributed by atoms with E-state index in [0.29, 0.717) is 42.8 Å². The van der Waals surface area contributed by atoms with E-state index in [1.54, 1.807) is 19.2 Å². The first-order valence-electron chi connectivity index (χ1n) is 9.08. The summed E-state index contributed by atoms with van der Waals surface area (Å²) in [6, 6.07) is 12.4. The molecule has 28 heavy (non-hydrogen) atoms. The molecule has 1 N–H and O–H groups in total. The van der Waals surface area contributed by atoms with Crippen LogP contribution in [0.2, 0.25) is 0 Å². The van der Waals surface area contributed by atoms with Gasteiger partial charge < -0.3 is 19.5 Å². The highest BCUT2D eigenvalue weighted by atomic mass is 32.2. The standard InChI is InChI=1S/C20H21FN4O2S/c1-27-14-6-7-16-17(12-14)23-20(22-16)28-13-19(26)25-10-8-24(9-11-25)18-5-3-2-4-15(18)21/h2-7,12H,8-11,13H2,1H3,(H,22,23). The number of imidazole rings is 1. The number of aromatic amines is 1. The second-order valence-electron chi connectivity index (χ2n) is 6.53. The molecule has 1 amide bonds. The summed E-state index contributed by atoms with van der Waals surface area (Å²) in [5, 5.41) is 0.710. The van der Waals surface area contributed by atoms with E-state index >= 15 is 0 Å². The van der Waals surface area contributed by atoms with Crippen LogP contribution in [0.4, 0.5) is 10.1 Å². The normalized spacial score (nSPS) is 14.5. The zero-order chi connectivity index (χ0) is 19.5. The highest BCUT2D eigenvalue weighted by Gasteiger charge is 2.23. The van der Waals surface area contributed by atoms with Gasteiger partial charge in [0.15, 0.2) is 5.16 Å². The number of fused-ring (bicyclic) bond motifs is 1. The monoisotopic (exact) mass is 400 g/mol. The zero-order valence-electron chi connectivity index (χ0n) is 15.5. The Hall–Kier alpha value is -2.74. The van der Waals surface area contributed by atoms with E-state index < -0.39 is 0 Å². The summed E-state index contributed by atoms with van der Waals surface area (Å²) in [6.07, 6.45) is 0. The molecule has 4 rings (SSSR count). The van der Waals surface area contributed by atoms with Crippen LogP contribution in [0.3, 0.4) is 0 Å². The van der Waals surface area contributed by atoms with Gasteiger partial charge in [-0.1, -0.05) is 23.9 Å². The van der Waals surface area contributed by atoms with Crippen molar-refractivity contribution < 1.29 is 13.9 Å². The maximum atomic E-state index is 13.9. The minimum Gasteiger partial charge on any atom is -0.497 e. The summed E-state index contributed by atoms with van der Waals surface area (Å²) in [5.74, 6) is 0.920. The number of rotatable bonds is 5. The van der Waals surface area contributed by atoms with Gasteiger partial charge in [0.1, 0.15) is 11.6 Å². The van der Waals surface area contributed by atoms with Crippen LogP contribution < -0.4 is 9.64 Å². The number of para-hydroxylation sites is 1. The topological polar surface area (TPSA) is 61.5 Å². The number of H-pyrrole nitrogens is 1. The van der Waals surface area contributed by atoms with Crippen LogP contribution in [0.1, 0.15) is 0 Å². The van der Waals surface area contributed by atoms with Gasteiger partial charge in [-0.25, -0.2) is 9.37 Å². The Balaban J connectivity index is 1.32. The fourth-order valence-electron chi connectivity index (χ4n) is 3.29. The molecule has 0 spiro atoms. The number of amides is 1. The number of thioether (sulfide) groups is 1. The molecule has 0 aliphatic carbocycles. The molecule has 1 aliphatic heterocycles. The maximum Gasteiger partial charge on any atom is 0.233 e. The maximum absolute atomic E-state index is 13.9. The van der Waals surface area contributed by atoms with Gasteiger partial charge in [-0.3, -0.25) is 4.79 Å². The number of benzene rings is 2. The van der Waals surface area contributed by atoms with Crippen LogP contribution in [-0.4, -0.2) is 59.8 Å². The lowest BCUT2D eigenvalue weighted by molar-refractivity contribution is -0.128. The molecule has 0 radical (unpaired) electrons. The Kier molecular flexibility index (Phi) is 5.38. The quantitative estimate of drug-likeness (QED) is 0.667. The molecule has 8 heteroatoms. The highest BCUT2D eigenvalue weighted by molar-refractivity contribution is 7.99. The summed E-state index contributed by atoms with van der Waals surface area (Å²) in [4.78, 5) is 24.1. The number of nitrogens with zero attached hydrogens (tertiary/aromatic N) is 3. The number of aromatic nitrogens is 2. The molecule has 1 aliphatic rings. The number of carbonyl (C=O) groups is 1. The van der Waals surface area contributed by atoms with Crippen molar-refractivity contribution in [2.45, 2.75) is 5.16 Å². The predicted octanol–water partition coefficient (Wildman–Crippen LogP) is 3.15. The molecular weight excluding hydrogens is 379 g/mol. The van der Waals surface area contributed by atoms with Crippen LogP contribution in [0.5, 0.6) is 5.75 Å². The summed E-state index contributed by atoms with van der Waals surface area (Å²) in [6.45, 7) is 2.43. The summed E-state index contributed by atoms with van der Waals surface area (Å²) >= 11 is 1.39. The predicted molar refractivity (Wildman–Crippen MR) is 109 cm³/mol. The highest BCUT2D eigenvalue weighted by Crippen LogP contribution is 2.24. The number of anilines is 1.